The molecule has 1 saturated heterocycles. The summed E-state index contributed by atoms with van der Waals surface area (Å²) in [6.45, 7) is 7.95. The molecule has 1 amide bonds. The summed E-state index contributed by atoms with van der Waals surface area (Å²) in [5.41, 5.74) is 0.973. The highest BCUT2D eigenvalue weighted by Crippen LogP contribution is 2.39. The summed E-state index contributed by atoms with van der Waals surface area (Å²) in [6, 6.07) is 13.8. The van der Waals surface area contributed by atoms with E-state index in [-0.39, 0.29) is 23.7 Å². The predicted octanol–water partition coefficient (Wildman–Crippen LogP) is 4.98. The molecular weight excluding hydrogens is 445 g/mol. The van der Waals surface area contributed by atoms with Gasteiger partial charge in [-0.25, -0.2) is 9.59 Å². The molecule has 33 heavy (non-hydrogen) atoms. The van der Waals surface area contributed by atoms with E-state index in [0.29, 0.717) is 11.0 Å². The lowest BCUT2D eigenvalue weighted by Crippen LogP contribution is -2.41. The standard InChI is InChI=1S/C24H27BClNO6/c1-23(2)24(3,4)33-25(32-23)19(12-17-10-11-18(21(28)29)13-20(17)26)14-27-22(30)31-15-16-8-6-5-7-9-16/h5-13H,14-15H2,1-4H3,(H,27,30)(H,28,29). The van der Waals surface area contributed by atoms with Crippen LogP contribution in [0.4, 0.5) is 4.79 Å². The number of amides is 1. The van der Waals surface area contributed by atoms with Gasteiger partial charge in [0.05, 0.1) is 16.8 Å². The Labute approximate surface area is 198 Å². The van der Waals surface area contributed by atoms with Crippen molar-refractivity contribution in [2.75, 3.05) is 6.54 Å². The Bertz CT molecular complexity index is 1040. The molecule has 3 rings (SSSR count). The largest absolute Gasteiger partial charge is 0.492 e. The van der Waals surface area contributed by atoms with Crippen molar-refractivity contribution in [2.45, 2.75) is 45.5 Å². The lowest BCUT2D eigenvalue weighted by molar-refractivity contribution is 0.00578. The van der Waals surface area contributed by atoms with Crippen molar-refractivity contribution in [3.8, 4) is 0 Å². The van der Waals surface area contributed by atoms with Gasteiger partial charge in [0, 0.05) is 11.6 Å². The fourth-order valence-electron chi connectivity index (χ4n) is 3.12. The molecule has 0 unspecified atom stereocenters. The van der Waals surface area contributed by atoms with Gasteiger partial charge in [0.25, 0.3) is 0 Å². The van der Waals surface area contributed by atoms with Crippen LogP contribution >= 0.6 is 11.6 Å². The number of hydrogen-bond acceptors (Lipinski definition) is 5. The van der Waals surface area contributed by atoms with Gasteiger partial charge >= 0.3 is 19.2 Å². The van der Waals surface area contributed by atoms with Gasteiger partial charge in [0.15, 0.2) is 0 Å². The highest BCUT2D eigenvalue weighted by Gasteiger charge is 2.52. The molecule has 1 fully saturated rings. The molecule has 9 heteroatoms. The van der Waals surface area contributed by atoms with Crippen LogP contribution in [0.5, 0.6) is 0 Å². The van der Waals surface area contributed by atoms with Crippen LogP contribution in [0.1, 0.15) is 49.2 Å². The third-order valence-corrected chi connectivity index (χ3v) is 6.12. The number of ether oxygens (including phenoxy) is 1. The van der Waals surface area contributed by atoms with Crippen molar-refractivity contribution < 1.29 is 28.7 Å². The summed E-state index contributed by atoms with van der Waals surface area (Å²) < 4.78 is 17.6. The monoisotopic (exact) mass is 471 g/mol. The highest BCUT2D eigenvalue weighted by molar-refractivity contribution is 6.56. The number of carbonyl (C=O) groups is 2. The van der Waals surface area contributed by atoms with Crippen LogP contribution in [0.15, 0.2) is 54.0 Å². The number of halogens is 1. The van der Waals surface area contributed by atoms with E-state index in [0.717, 1.165) is 5.56 Å². The zero-order chi connectivity index (χ0) is 24.2. The topological polar surface area (TPSA) is 94.1 Å². The van der Waals surface area contributed by atoms with Gasteiger partial charge in [-0.05, 0) is 56.4 Å². The Balaban J connectivity index is 1.78. The molecule has 1 heterocycles. The van der Waals surface area contributed by atoms with Gasteiger partial charge in [0.2, 0.25) is 0 Å². The van der Waals surface area contributed by atoms with Crippen molar-refractivity contribution in [1.82, 2.24) is 5.32 Å². The van der Waals surface area contributed by atoms with E-state index >= 15 is 0 Å². The van der Waals surface area contributed by atoms with Crippen molar-refractivity contribution in [3.63, 3.8) is 0 Å². The van der Waals surface area contributed by atoms with Gasteiger partial charge in [-0.3, -0.25) is 0 Å². The third kappa shape index (κ3) is 6.16. The first-order chi connectivity index (χ1) is 15.5. The van der Waals surface area contributed by atoms with Crippen LogP contribution in [0.25, 0.3) is 6.08 Å². The molecule has 0 atom stereocenters. The SMILES string of the molecule is CC1(C)OB(C(=Cc2ccc(C(=O)O)cc2Cl)CNC(=O)OCc2ccccc2)OC1(C)C. The smallest absolute Gasteiger partial charge is 0.478 e. The summed E-state index contributed by atoms with van der Waals surface area (Å²) in [5.74, 6) is -1.07. The summed E-state index contributed by atoms with van der Waals surface area (Å²) in [4.78, 5) is 23.5. The van der Waals surface area contributed by atoms with Crippen LogP contribution in [-0.4, -0.2) is 42.0 Å². The van der Waals surface area contributed by atoms with Gasteiger partial charge in [0.1, 0.15) is 6.61 Å². The molecule has 0 radical (unpaired) electrons. The van der Waals surface area contributed by atoms with Crippen LogP contribution < -0.4 is 5.32 Å². The number of carbonyl (C=O) groups excluding carboxylic acids is 1. The predicted molar refractivity (Wildman–Crippen MR) is 127 cm³/mol. The third-order valence-electron chi connectivity index (χ3n) is 5.79. The molecule has 0 aromatic heterocycles. The molecule has 0 saturated carbocycles. The zero-order valence-electron chi connectivity index (χ0n) is 19.1. The summed E-state index contributed by atoms with van der Waals surface area (Å²) in [5, 5.41) is 12.2. The maximum absolute atomic E-state index is 12.3. The Hall–Kier alpha value is -2.81. The Morgan fingerprint density at radius 1 is 1.09 bits per heavy atom. The van der Waals surface area contributed by atoms with Gasteiger partial charge < -0.3 is 24.5 Å². The quantitative estimate of drug-likeness (QED) is 0.553. The second kappa shape index (κ2) is 9.99. The van der Waals surface area contributed by atoms with Gasteiger partial charge in [-0.15, -0.1) is 0 Å². The fraction of sp³-hybridized carbons (Fsp3) is 0.333. The zero-order valence-corrected chi connectivity index (χ0v) is 19.8. The molecule has 1 aliphatic heterocycles. The first-order valence-corrected chi connectivity index (χ1v) is 10.9. The fourth-order valence-corrected chi connectivity index (χ4v) is 3.36. The summed E-state index contributed by atoms with van der Waals surface area (Å²) in [6.07, 6.45) is 1.14. The van der Waals surface area contributed by atoms with E-state index in [2.05, 4.69) is 5.32 Å². The Morgan fingerprint density at radius 2 is 1.73 bits per heavy atom. The van der Waals surface area contributed by atoms with E-state index in [4.69, 9.17) is 25.6 Å². The van der Waals surface area contributed by atoms with Crippen LogP contribution in [-0.2, 0) is 20.7 Å². The molecule has 7 nitrogen and oxygen atoms in total. The Kier molecular flexibility index (Phi) is 7.52. The number of nitrogens with one attached hydrogen (secondary N) is 1. The number of alkyl carbamates (subject to hydrolysis) is 1. The summed E-state index contributed by atoms with van der Waals surface area (Å²) >= 11 is 6.31. The average molecular weight is 472 g/mol. The molecule has 0 spiro atoms. The number of carboxylic acids is 1. The number of hydrogen-bond donors (Lipinski definition) is 2. The van der Waals surface area contributed by atoms with Crippen molar-refractivity contribution in [1.29, 1.82) is 0 Å². The lowest BCUT2D eigenvalue weighted by atomic mass is 9.77. The maximum atomic E-state index is 12.3. The minimum absolute atomic E-state index is 0.0805. The first kappa shape index (κ1) is 24.8. The van der Waals surface area contributed by atoms with Gasteiger partial charge in [-0.1, -0.05) is 54.1 Å². The molecule has 0 bridgehead atoms. The number of aromatic carboxylic acids is 1. The molecule has 2 aromatic rings. The number of carboxylic acid groups (broad SMARTS) is 1. The number of benzene rings is 2. The van der Waals surface area contributed by atoms with E-state index in [1.165, 1.54) is 12.1 Å². The number of rotatable bonds is 7. The Morgan fingerprint density at radius 3 is 2.30 bits per heavy atom. The van der Waals surface area contributed by atoms with Crippen molar-refractivity contribution >= 4 is 36.9 Å². The van der Waals surface area contributed by atoms with Crippen LogP contribution in [0, 0.1) is 0 Å². The lowest BCUT2D eigenvalue weighted by Gasteiger charge is -2.32. The molecule has 174 valence electrons. The van der Waals surface area contributed by atoms with Crippen LogP contribution in [0.2, 0.25) is 5.02 Å². The molecule has 2 aromatic carbocycles. The molecule has 0 aliphatic carbocycles. The van der Waals surface area contributed by atoms with Crippen LogP contribution in [0.3, 0.4) is 0 Å². The van der Waals surface area contributed by atoms with E-state index < -0.39 is 30.4 Å². The normalized spacial score (nSPS) is 17.0. The van der Waals surface area contributed by atoms with Crippen molar-refractivity contribution in [2.24, 2.45) is 0 Å². The summed E-state index contributed by atoms with van der Waals surface area (Å²) in [7, 11) is -0.736. The van der Waals surface area contributed by atoms with Gasteiger partial charge in [-0.2, -0.15) is 0 Å². The molecule has 2 N–H and O–H groups in total. The minimum atomic E-state index is -1.07. The second-order valence-electron chi connectivity index (χ2n) is 8.76. The first-order valence-electron chi connectivity index (χ1n) is 10.5. The maximum Gasteiger partial charge on any atom is 0.492 e. The minimum Gasteiger partial charge on any atom is -0.478 e. The molecular formula is C24H27BClNO6. The second-order valence-corrected chi connectivity index (χ2v) is 9.17. The highest BCUT2D eigenvalue weighted by atomic mass is 35.5. The molecule has 1 aliphatic rings. The van der Waals surface area contributed by atoms with E-state index in [1.54, 1.807) is 12.1 Å². The average Bonchev–Trinajstić information content (AvgIpc) is 2.98. The van der Waals surface area contributed by atoms with E-state index in [1.807, 2.05) is 58.0 Å². The van der Waals surface area contributed by atoms with Crippen molar-refractivity contribution in [3.05, 3.63) is 75.7 Å². The van der Waals surface area contributed by atoms with E-state index in [9.17, 15) is 14.7 Å².